The van der Waals surface area contributed by atoms with Crippen LogP contribution in [0.15, 0.2) is 0 Å². The fourth-order valence-corrected chi connectivity index (χ4v) is 5.34. The Balaban J connectivity index is 2.06. The molecular formula is C17H22F2N2O3S. The van der Waals surface area contributed by atoms with Gasteiger partial charge in [-0.05, 0) is 33.3 Å². The molecule has 3 N–H and O–H groups in total. The molecule has 0 unspecified atom stereocenters. The summed E-state index contributed by atoms with van der Waals surface area (Å²) in [6.07, 6.45) is -0.197. The molecule has 1 aromatic heterocycles. The lowest BCUT2D eigenvalue weighted by molar-refractivity contribution is -0.139. The monoisotopic (exact) mass is 372 g/mol. The highest BCUT2D eigenvalue weighted by Crippen LogP contribution is 2.51. The molecule has 1 fully saturated rings. The van der Waals surface area contributed by atoms with E-state index in [-0.39, 0.29) is 5.56 Å². The number of nitrogens with two attached hydrogens (primary N) is 1. The Hall–Kier alpha value is -1.54. The normalized spacial score (nSPS) is 24.7. The molecular weight excluding hydrogens is 350 g/mol. The van der Waals surface area contributed by atoms with Crippen molar-refractivity contribution in [3.05, 3.63) is 16.0 Å². The number of rotatable bonds is 4. The number of hydrogen-bond acceptors (Lipinski definition) is 5. The van der Waals surface area contributed by atoms with Crippen molar-refractivity contribution < 1.29 is 23.1 Å². The van der Waals surface area contributed by atoms with Crippen molar-refractivity contribution in [2.24, 2.45) is 5.73 Å². The molecule has 2 heterocycles. The first-order valence-electron chi connectivity index (χ1n) is 8.08. The number of primary amides is 1. The molecule has 0 aromatic carbocycles. The van der Waals surface area contributed by atoms with Gasteiger partial charge in [-0.25, -0.2) is 8.78 Å². The van der Waals surface area contributed by atoms with Gasteiger partial charge in [0.15, 0.2) is 0 Å². The Morgan fingerprint density at radius 1 is 1.28 bits per heavy atom. The van der Waals surface area contributed by atoms with Gasteiger partial charge in [-0.3, -0.25) is 4.79 Å². The third-order valence-electron chi connectivity index (χ3n) is 4.67. The molecule has 1 saturated carbocycles. The van der Waals surface area contributed by atoms with E-state index >= 15 is 0 Å². The Morgan fingerprint density at radius 2 is 1.88 bits per heavy atom. The molecule has 0 bridgehead atoms. The Labute approximate surface area is 148 Å². The summed E-state index contributed by atoms with van der Waals surface area (Å²) < 4.78 is 32.8. The Kier molecular flexibility index (Phi) is 3.82. The minimum absolute atomic E-state index is 0.279. The summed E-state index contributed by atoms with van der Waals surface area (Å²) in [6, 6.07) is 0. The van der Waals surface area contributed by atoms with Gasteiger partial charge in [0.05, 0.1) is 16.8 Å². The van der Waals surface area contributed by atoms with Gasteiger partial charge in [0, 0.05) is 24.1 Å². The summed E-state index contributed by atoms with van der Waals surface area (Å²) in [5, 5.41) is 3.25. The van der Waals surface area contributed by atoms with Crippen LogP contribution < -0.4 is 11.1 Å². The van der Waals surface area contributed by atoms with Gasteiger partial charge in [-0.1, -0.05) is 0 Å². The second kappa shape index (κ2) is 5.23. The number of aldehydes is 1. The van der Waals surface area contributed by atoms with Crippen molar-refractivity contribution >= 4 is 28.5 Å². The van der Waals surface area contributed by atoms with Gasteiger partial charge in [0.1, 0.15) is 16.8 Å². The predicted octanol–water partition coefficient (Wildman–Crippen LogP) is 3.21. The van der Waals surface area contributed by atoms with Gasteiger partial charge in [-0.15, -0.1) is 11.3 Å². The molecule has 1 aliphatic carbocycles. The molecule has 138 valence electrons. The standard InChI is InChI=1S/C17H22F2N2O3S/c1-14(2)5-9-10(12(20)23)13(25-11(9)15(3,4)24-14)21-16(8-22)6-17(18,19)7-16/h8,21H,5-7H2,1-4H3,(H2,20,23). The zero-order chi connectivity index (χ0) is 18.8. The van der Waals surface area contributed by atoms with Crippen molar-refractivity contribution in [2.75, 3.05) is 5.32 Å². The third kappa shape index (κ3) is 3.06. The molecule has 0 saturated heterocycles. The summed E-state index contributed by atoms with van der Waals surface area (Å²) >= 11 is 1.25. The second-order valence-electron chi connectivity index (χ2n) is 8.14. The van der Waals surface area contributed by atoms with E-state index < -0.39 is 41.4 Å². The fourth-order valence-electron chi connectivity index (χ4n) is 3.97. The molecule has 5 nitrogen and oxygen atoms in total. The van der Waals surface area contributed by atoms with Gasteiger partial charge < -0.3 is 20.6 Å². The maximum Gasteiger partial charge on any atom is 0.253 e. The van der Waals surface area contributed by atoms with E-state index in [1.165, 1.54) is 11.3 Å². The number of hydrogen-bond donors (Lipinski definition) is 2. The van der Waals surface area contributed by atoms with Crippen LogP contribution in [-0.2, 0) is 21.6 Å². The van der Waals surface area contributed by atoms with Crippen LogP contribution in [0.5, 0.6) is 0 Å². The van der Waals surface area contributed by atoms with Crippen LogP contribution in [0.4, 0.5) is 13.8 Å². The highest BCUT2D eigenvalue weighted by molar-refractivity contribution is 7.17. The first-order chi connectivity index (χ1) is 11.3. The SMILES string of the molecule is CC1(C)Cc2c(sc(NC3(C=O)CC(F)(F)C3)c2C(N)=O)C(C)(C)O1. The van der Waals surface area contributed by atoms with Crippen molar-refractivity contribution in [1.82, 2.24) is 0 Å². The van der Waals surface area contributed by atoms with Crippen molar-refractivity contribution in [3.8, 4) is 0 Å². The van der Waals surface area contributed by atoms with Crippen LogP contribution in [-0.4, -0.2) is 29.3 Å². The van der Waals surface area contributed by atoms with E-state index in [1.807, 2.05) is 27.7 Å². The topological polar surface area (TPSA) is 81.4 Å². The molecule has 8 heteroatoms. The van der Waals surface area contributed by atoms with Crippen LogP contribution >= 0.6 is 11.3 Å². The number of fused-ring (bicyclic) bond motifs is 1. The van der Waals surface area contributed by atoms with Crippen LogP contribution in [0, 0.1) is 0 Å². The van der Waals surface area contributed by atoms with E-state index in [0.717, 1.165) is 10.4 Å². The number of carbonyl (C=O) groups is 2. The van der Waals surface area contributed by atoms with E-state index in [2.05, 4.69) is 5.32 Å². The summed E-state index contributed by atoms with van der Waals surface area (Å²) in [5.41, 5.74) is 4.13. The molecule has 1 aromatic rings. The lowest BCUT2D eigenvalue weighted by atomic mass is 9.74. The van der Waals surface area contributed by atoms with Gasteiger partial charge >= 0.3 is 0 Å². The highest BCUT2D eigenvalue weighted by Gasteiger charge is 2.57. The van der Waals surface area contributed by atoms with E-state index in [1.54, 1.807) is 0 Å². The summed E-state index contributed by atoms with van der Waals surface area (Å²) in [5.74, 6) is -3.51. The van der Waals surface area contributed by atoms with E-state index in [9.17, 15) is 18.4 Å². The minimum atomic E-state index is -2.87. The molecule has 1 aliphatic heterocycles. The number of nitrogens with one attached hydrogen (secondary N) is 1. The van der Waals surface area contributed by atoms with Crippen LogP contribution in [0.1, 0.15) is 61.3 Å². The van der Waals surface area contributed by atoms with Crippen LogP contribution in [0.3, 0.4) is 0 Å². The summed E-state index contributed by atoms with van der Waals surface area (Å²) in [6.45, 7) is 7.63. The number of alkyl halides is 2. The summed E-state index contributed by atoms with van der Waals surface area (Å²) in [7, 11) is 0. The van der Waals surface area contributed by atoms with E-state index in [0.29, 0.717) is 17.7 Å². The van der Waals surface area contributed by atoms with Crippen molar-refractivity contribution in [2.45, 2.75) is 69.6 Å². The van der Waals surface area contributed by atoms with Gasteiger partial charge in [0.25, 0.3) is 11.8 Å². The Morgan fingerprint density at radius 3 is 2.36 bits per heavy atom. The number of carbonyl (C=O) groups excluding carboxylic acids is 2. The van der Waals surface area contributed by atoms with Crippen molar-refractivity contribution in [3.63, 3.8) is 0 Å². The zero-order valence-electron chi connectivity index (χ0n) is 14.7. The summed E-state index contributed by atoms with van der Waals surface area (Å²) in [4.78, 5) is 24.3. The number of ether oxygens (including phenoxy) is 1. The fraction of sp³-hybridized carbons (Fsp3) is 0.647. The molecule has 2 aliphatic rings. The first kappa shape index (κ1) is 18.3. The lowest BCUT2D eigenvalue weighted by Gasteiger charge is -2.44. The number of thiophene rings is 1. The predicted molar refractivity (Wildman–Crippen MR) is 91.3 cm³/mol. The molecule has 1 amide bonds. The smallest absolute Gasteiger partial charge is 0.253 e. The number of halogens is 2. The van der Waals surface area contributed by atoms with Gasteiger partial charge in [0.2, 0.25) is 0 Å². The maximum absolute atomic E-state index is 13.3. The molecule has 0 atom stereocenters. The van der Waals surface area contributed by atoms with Gasteiger partial charge in [-0.2, -0.15) is 0 Å². The van der Waals surface area contributed by atoms with Crippen LogP contribution in [0.25, 0.3) is 0 Å². The Bertz CT molecular complexity index is 747. The number of amides is 1. The third-order valence-corrected chi connectivity index (χ3v) is 6.12. The second-order valence-corrected chi connectivity index (χ2v) is 9.16. The van der Waals surface area contributed by atoms with Crippen molar-refractivity contribution in [1.29, 1.82) is 0 Å². The average Bonchev–Trinajstić information content (AvgIpc) is 2.72. The molecule has 3 rings (SSSR count). The highest BCUT2D eigenvalue weighted by atomic mass is 32.1. The zero-order valence-corrected chi connectivity index (χ0v) is 15.5. The molecule has 25 heavy (non-hydrogen) atoms. The minimum Gasteiger partial charge on any atom is -0.365 e. The quantitative estimate of drug-likeness (QED) is 0.795. The van der Waals surface area contributed by atoms with E-state index in [4.69, 9.17) is 10.5 Å². The number of anilines is 1. The molecule has 0 radical (unpaired) electrons. The van der Waals surface area contributed by atoms with Crippen LogP contribution in [0.2, 0.25) is 0 Å². The lowest BCUT2D eigenvalue weighted by Crippen LogP contribution is -2.58. The maximum atomic E-state index is 13.3. The molecule has 0 spiro atoms. The average molecular weight is 372 g/mol. The first-order valence-corrected chi connectivity index (χ1v) is 8.90. The largest absolute Gasteiger partial charge is 0.365 e.